The molecule has 0 aliphatic heterocycles. The van der Waals surface area contributed by atoms with E-state index < -0.39 is 5.97 Å². The Hall–Kier alpha value is -2.90. The molecule has 7 heteroatoms. The fourth-order valence-electron chi connectivity index (χ4n) is 1.63. The van der Waals surface area contributed by atoms with Crippen LogP contribution < -0.4 is 10.7 Å². The van der Waals surface area contributed by atoms with Crippen molar-refractivity contribution in [2.75, 3.05) is 10.7 Å². The van der Waals surface area contributed by atoms with Crippen LogP contribution in [0.5, 0.6) is 0 Å². The van der Waals surface area contributed by atoms with Gasteiger partial charge in [0.2, 0.25) is 0 Å². The maximum absolute atomic E-state index is 10.8. The van der Waals surface area contributed by atoms with Gasteiger partial charge in [-0.3, -0.25) is 15.8 Å². The molecule has 0 atom stereocenters. The molecule has 0 bridgehead atoms. The molecular weight excluding hydrogens is 274 g/mol. The average molecular weight is 287 g/mol. The molecule has 4 N–H and O–H groups in total. The second kappa shape index (κ2) is 6.51. The standard InChI is InChI=1S/C14H13N3O4/c18-14(19)11-4-2-5-12(8-11)16-15-9-10-3-1-6-13(7-10)17(20)21/h1-9,16,20-21H,(H,18,19)/b15-9+. The molecule has 2 aromatic carbocycles. The maximum atomic E-state index is 10.8. The lowest BCUT2D eigenvalue weighted by Gasteiger charge is -2.07. The zero-order valence-electron chi connectivity index (χ0n) is 10.8. The molecule has 0 spiro atoms. The molecule has 0 heterocycles. The molecule has 108 valence electrons. The van der Waals surface area contributed by atoms with Gasteiger partial charge in [0.05, 0.1) is 23.2 Å². The van der Waals surface area contributed by atoms with Crippen LogP contribution in [0.3, 0.4) is 0 Å². The monoisotopic (exact) mass is 287 g/mol. The molecule has 2 aromatic rings. The van der Waals surface area contributed by atoms with E-state index in [0.29, 0.717) is 11.3 Å². The molecule has 21 heavy (non-hydrogen) atoms. The van der Waals surface area contributed by atoms with Crippen molar-refractivity contribution in [2.24, 2.45) is 5.10 Å². The summed E-state index contributed by atoms with van der Waals surface area (Å²) in [6, 6.07) is 12.6. The number of carboxylic acids is 1. The van der Waals surface area contributed by atoms with E-state index in [-0.39, 0.29) is 16.5 Å². The fraction of sp³-hybridized carbons (Fsp3) is 0. The highest BCUT2D eigenvalue weighted by atomic mass is 16.8. The lowest BCUT2D eigenvalue weighted by molar-refractivity contribution is 0.0291. The Kier molecular flexibility index (Phi) is 4.50. The van der Waals surface area contributed by atoms with Crippen molar-refractivity contribution in [1.29, 1.82) is 0 Å². The van der Waals surface area contributed by atoms with Crippen LogP contribution in [0.15, 0.2) is 53.6 Å². The predicted octanol–water partition coefficient (Wildman–Crippen LogP) is 2.42. The lowest BCUT2D eigenvalue weighted by Crippen LogP contribution is -2.10. The summed E-state index contributed by atoms with van der Waals surface area (Å²) < 4.78 is 0. The number of hydrogen-bond donors (Lipinski definition) is 4. The SMILES string of the molecule is O=C(O)c1cccc(N/N=C/c2cccc(N(O)O)c2)c1. The van der Waals surface area contributed by atoms with Gasteiger partial charge in [0.15, 0.2) is 0 Å². The van der Waals surface area contributed by atoms with Gasteiger partial charge in [-0.25, -0.2) is 4.79 Å². The number of hydrogen-bond acceptors (Lipinski definition) is 6. The first kappa shape index (κ1) is 14.5. The van der Waals surface area contributed by atoms with Gasteiger partial charge < -0.3 is 5.11 Å². The van der Waals surface area contributed by atoms with Crippen molar-refractivity contribution in [3.05, 3.63) is 59.7 Å². The largest absolute Gasteiger partial charge is 0.478 e. The summed E-state index contributed by atoms with van der Waals surface area (Å²) in [5.74, 6) is -1.01. The van der Waals surface area contributed by atoms with Gasteiger partial charge in [0.25, 0.3) is 0 Å². The Morgan fingerprint density at radius 3 is 2.62 bits per heavy atom. The Morgan fingerprint density at radius 1 is 1.14 bits per heavy atom. The van der Waals surface area contributed by atoms with E-state index in [9.17, 15) is 4.79 Å². The zero-order valence-corrected chi connectivity index (χ0v) is 10.8. The summed E-state index contributed by atoms with van der Waals surface area (Å²) in [5, 5.41) is 30.7. The number of nitrogens with zero attached hydrogens (tertiary/aromatic N) is 2. The van der Waals surface area contributed by atoms with Gasteiger partial charge in [-0.2, -0.15) is 5.10 Å². The third-order valence-electron chi connectivity index (χ3n) is 2.62. The Labute approximate surface area is 120 Å². The van der Waals surface area contributed by atoms with Crippen molar-refractivity contribution in [3.63, 3.8) is 0 Å². The molecule has 2 rings (SSSR count). The van der Waals surface area contributed by atoms with Crippen molar-refractivity contribution in [1.82, 2.24) is 0 Å². The molecule has 0 fully saturated rings. The molecule has 7 nitrogen and oxygen atoms in total. The minimum atomic E-state index is -1.01. The number of hydrazone groups is 1. The molecule has 0 aromatic heterocycles. The molecule has 0 radical (unpaired) electrons. The first-order valence-electron chi connectivity index (χ1n) is 5.96. The second-order valence-corrected chi connectivity index (χ2v) is 4.14. The molecule has 0 saturated heterocycles. The van der Waals surface area contributed by atoms with Crippen molar-refractivity contribution < 1.29 is 20.3 Å². The van der Waals surface area contributed by atoms with E-state index in [4.69, 9.17) is 15.5 Å². The van der Waals surface area contributed by atoms with Gasteiger partial charge in [0.1, 0.15) is 0 Å². The third-order valence-corrected chi connectivity index (χ3v) is 2.62. The number of aromatic carboxylic acids is 1. The van der Waals surface area contributed by atoms with Crippen molar-refractivity contribution in [2.45, 2.75) is 0 Å². The highest BCUT2D eigenvalue weighted by Gasteiger charge is 2.02. The van der Waals surface area contributed by atoms with Gasteiger partial charge >= 0.3 is 5.97 Å². The smallest absolute Gasteiger partial charge is 0.335 e. The second-order valence-electron chi connectivity index (χ2n) is 4.14. The number of nitrogens with one attached hydrogen (secondary N) is 1. The predicted molar refractivity (Wildman–Crippen MR) is 77.1 cm³/mol. The Bertz CT molecular complexity index is 671. The maximum Gasteiger partial charge on any atom is 0.335 e. The van der Waals surface area contributed by atoms with Crippen molar-refractivity contribution >= 4 is 23.6 Å². The van der Waals surface area contributed by atoms with E-state index in [2.05, 4.69) is 10.5 Å². The van der Waals surface area contributed by atoms with Crippen LogP contribution in [-0.2, 0) is 0 Å². The molecule has 0 aliphatic carbocycles. The third kappa shape index (κ3) is 4.03. The molecule has 0 amide bonds. The minimum absolute atomic E-state index is 0.0150. The molecular formula is C14H13N3O4. The van der Waals surface area contributed by atoms with E-state index in [1.807, 2.05) is 0 Å². The Morgan fingerprint density at radius 2 is 1.90 bits per heavy atom. The number of carbonyl (C=O) groups is 1. The summed E-state index contributed by atoms with van der Waals surface area (Å²) >= 11 is 0. The fourth-order valence-corrected chi connectivity index (χ4v) is 1.63. The van der Waals surface area contributed by atoms with Gasteiger partial charge in [-0.1, -0.05) is 18.2 Å². The highest BCUT2D eigenvalue weighted by Crippen LogP contribution is 2.13. The van der Waals surface area contributed by atoms with Crippen LogP contribution in [0, 0.1) is 0 Å². The number of anilines is 2. The van der Waals surface area contributed by atoms with E-state index in [1.54, 1.807) is 24.3 Å². The van der Waals surface area contributed by atoms with Crippen LogP contribution in [0.1, 0.15) is 15.9 Å². The summed E-state index contributed by atoms with van der Waals surface area (Å²) in [4.78, 5) is 10.8. The summed E-state index contributed by atoms with van der Waals surface area (Å²) in [5.41, 5.74) is 4.24. The normalized spacial score (nSPS) is 10.6. The molecule has 0 aliphatic rings. The lowest BCUT2D eigenvalue weighted by atomic mass is 10.2. The summed E-state index contributed by atoms with van der Waals surface area (Å²) in [7, 11) is 0. The number of rotatable bonds is 5. The van der Waals surface area contributed by atoms with Crippen molar-refractivity contribution in [3.8, 4) is 0 Å². The average Bonchev–Trinajstić information content (AvgIpc) is 2.48. The zero-order chi connectivity index (χ0) is 15.2. The first-order valence-corrected chi connectivity index (χ1v) is 5.96. The first-order chi connectivity index (χ1) is 10.1. The topological polar surface area (TPSA) is 105 Å². The van der Waals surface area contributed by atoms with Crippen LogP contribution >= 0.6 is 0 Å². The van der Waals surface area contributed by atoms with Crippen LogP contribution in [0.4, 0.5) is 11.4 Å². The van der Waals surface area contributed by atoms with E-state index in [1.165, 1.54) is 30.5 Å². The quantitative estimate of drug-likeness (QED) is 0.497. The van der Waals surface area contributed by atoms with E-state index >= 15 is 0 Å². The van der Waals surface area contributed by atoms with Gasteiger partial charge in [-0.15, -0.1) is 5.23 Å². The van der Waals surface area contributed by atoms with Gasteiger partial charge in [-0.05, 0) is 35.9 Å². The number of benzene rings is 2. The summed E-state index contributed by atoms with van der Waals surface area (Å²) in [6.45, 7) is 0. The highest BCUT2D eigenvalue weighted by molar-refractivity contribution is 5.89. The number of carboxylic acid groups (broad SMARTS) is 1. The minimum Gasteiger partial charge on any atom is -0.478 e. The van der Waals surface area contributed by atoms with E-state index in [0.717, 1.165) is 0 Å². The Balaban J connectivity index is 2.07. The summed E-state index contributed by atoms with van der Waals surface area (Å²) in [6.07, 6.45) is 1.47. The van der Waals surface area contributed by atoms with Gasteiger partial charge in [0, 0.05) is 0 Å². The molecule has 0 unspecified atom stereocenters. The van der Waals surface area contributed by atoms with Crippen LogP contribution in [-0.4, -0.2) is 27.7 Å². The molecule has 0 saturated carbocycles. The van der Waals surface area contributed by atoms with Crippen LogP contribution in [0.2, 0.25) is 0 Å². The van der Waals surface area contributed by atoms with Crippen LogP contribution in [0.25, 0.3) is 0 Å².